The molecule has 32 heavy (non-hydrogen) atoms. The summed E-state index contributed by atoms with van der Waals surface area (Å²) in [6.45, 7) is 4.90. The molecule has 0 spiro atoms. The maximum absolute atomic E-state index is 8.72. The number of nitrogens with two attached hydrogens (primary N) is 2. The molecule has 172 valence electrons. The summed E-state index contributed by atoms with van der Waals surface area (Å²) >= 11 is 0. The highest BCUT2D eigenvalue weighted by Crippen LogP contribution is 2.23. The third-order valence-corrected chi connectivity index (χ3v) is 6.10. The van der Waals surface area contributed by atoms with Crippen molar-refractivity contribution in [2.24, 2.45) is 5.73 Å². The molecule has 5 N–H and O–H groups in total. The van der Waals surface area contributed by atoms with Crippen molar-refractivity contribution in [1.82, 2.24) is 4.90 Å². The van der Waals surface area contributed by atoms with E-state index in [2.05, 4.69) is 4.90 Å². The lowest BCUT2D eigenvalue weighted by molar-refractivity contribution is -0.540. The van der Waals surface area contributed by atoms with E-state index < -0.39 is 0 Å². The fourth-order valence-electron chi connectivity index (χ4n) is 4.14. The lowest BCUT2D eigenvalue weighted by Gasteiger charge is -2.26. The number of hydrogen-bond donors (Lipinski definition) is 3. The fourth-order valence-corrected chi connectivity index (χ4v) is 4.14. The van der Waals surface area contributed by atoms with E-state index in [0.717, 1.165) is 69.8 Å². The first-order valence-corrected chi connectivity index (χ1v) is 11.4. The number of nitrogens with one attached hydrogen (secondary N) is 1. The minimum Gasteiger partial charge on any atom is -0.492 e. The van der Waals surface area contributed by atoms with E-state index in [4.69, 9.17) is 31.1 Å². The molecular formula is C24H34N5O3+. The van der Waals surface area contributed by atoms with Crippen molar-refractivity contribution in [3.05, 3.63) is 48.2 Å². The van der Waals surface area contributed by atoms with Crippen LogP contribution < -0.4 is 25.5 Å². The van der Waals surface area contributed by atoms with E-state index in [9.17, 15) is 0 Å². The highest BCUT2D eigenvalue weighted by atomic mass is 16.5. The Bertz CT molecular complexity index is 908. The largest absolute Gasteiger partial charge is 0.492 e. The number of benzene rings is 1. The maximum Gasteiger partial charge on any atom is 0.266 e. The molecule has 2 aromatic rings. The Morgan fingerprint density at radius 1 is 1.09 bits per heavy atom. The van der Waals surface area contributed by atoms with Crippen molar-refractivity contribution in [2.75, 3.05) is 45.2 Å². The Hall–Kier alpha value is -2.68. The Morgan fingerprint density at radius 3 is 2.66 bits per heavy atom. The summed E-state index contributed by atoms with van der Waals surface area (Å²) in [6, 6.07) is 11.5. The van der Waals surface area contributed by atoms with Crippen molar-refractivity contribution in [3.63, 3.8) is 0 Å². The monoisotopic (exact) mass is 440 g/mol. The van der Waals surface area contributed by atoms with Crippen molar-refractivity contribution >= 4 is 11.7 Å². The first-order valence-electron chi connectivity index (χ1n) is 11.4. The fraction of sp³-hybridized carbons (Fsp3) is 0.500. The van der Waals surface area contributed by atoms with E-state index in [-0.39, 0.29) is 18.0 Å². The van der Waals surface area contributed by atoms with Crippen LogP contribution in [-0.4, -0.2) is 62.3 Å². The number of ether oxygens (including phenoxy) is 3. The topological polar surface area (TPSA) is 111 Å². The number of anilines is 1. The molecule has 2 aliphatic rings. The van der Waals surface area contributed by atoms with Gasteiger partial charge in [-0.2, -0.15) is 9.98 Å². The molecule has 2 heterocycles. The highest BCUT2D eigenvalue weighted by molar-refractivity contribution is 5.90. The van der Waals surface area contributed by atoms with Gasteiger partial charge in [-0.15, -0.1) is 0 Å². The first kappa shape index (κ1) is 22.5. The van der Waals surface area contributed by atoms with Crippen LogP contribution in [0.1, 0.15) is 31.2 Å². The second kappa shape index (κ2) is 10.8. The Balaban J connectivity index is 1.39. The zero-order chi connectivity index (χ0) is 22.3. The van der Waals surface area contributed by atoms with Gasteiger partial charge in [-0.05, 0) is 49.9 Å². The number of morpholine rings is 1. The van der Waals surface area contributed by atoms with Gasteiger partial charge in [0.2, 0.25) is 5.82 Å². The van der Waals surface area contributed by atoms with E-state index >= 15 is 0 Å². The van der Waals surface area contributed by atoms with Crippen LogP contribution in [0.25, 0.3) is 0 Å². The van der Waals surface area contributed by atoms with Gasteiger partial charge in [-0.3, -0.25) is 4.90 Å². The van der Waals surface area contributed by atoms with Crippen LogP contribution in [0, 0.1) is 5.41 Å². The average Bonchev–Trinajstić information content (AvgIpc) is 2.82. The normalized spacial score (nSPS) is 21.8. The predicted octanol–water partition coefficient (Wildman–Crippen LogP) is 1.79. The van der Waals surface area contributed by atoms with Gasteiger partial charge in [0.05, 0.1) is 24.9 Å². The molecule has 1 aliphatic heterocycles. The van der Waals surface area contributed by atoms with Gasteiger partial charge in [-0.25, -0.2) is 0 Å². The van der Waals surface area contributed by atoms with Gasteiger partial charge >= 0.3 is 0 Å². The van der Waals surface area contributed by atoms with Crippen LogP contribution in [0.15, 0.2) is 42.6 Å². The summed E-state index contributed by atoms with van der Waals surface area (Å²) < 4.78 is 19.1. The summed E-state index contributed by atoms with van der Waals surface area (Å²) in [5.41, 5.74) is 12.9. The third-order valence-electron chi connectivity index (χ3n) is 6.10. The van der Waals surface area contributed by atoms with Gasteiger partial charge in [0.1, 0.15) is 18.6 Å². The summed E-state index contributed by atoms with van der Waals surface area (Å²) in [5.74, 6) is 2.21. The average molecular weight is 441 g/mol. The highest BCUT2D eigenvalue weighted by Gasteiger charge is 2.21. The van der Waals surface area contributed by atoms with E-state index in [1.165, 1.54) is 0 Å². The number of rotatable bonds is 7. The van der Waals surface area contributed by atoms with Crippen molar-refractivity contribution in [2.45, 2.75) is 37.8 Å². The van der Waals surface area contributed by atoms with Crippen LogP contribution in [0.2, 0.25) is 0 Å². The van der Waals surface area contributed by atoms with Crippen molar-refractivity contribution < 1.29 is 18.8 Å². The second-order valence-electron chi connectivity index (χ2n) is 8.49. The molecule has 8 nitrogen and oxygen atoms in total. The van der Waals surface area contributed by atoms with Gasteiger partial charge in [0, 0.05) is 31.7 Å². The molecule has 0 amide bonds. The minimum atomic E-state index is 0.157. The van der Waals surface area contributed by atoms with E-state index in [1.807, 2.05) is 30.3 Å². The molecule has 1 aromatic carbocycles. The SMILES string of the molecule is N=C(c1cccc(OCCN2CCOCC2)c1)[n+]1cc(OC2CCC(N)CC2)ccc1N. The zero-order valence-electron chi connectivity index (χ0n) is 18.5. The summed E-state index contributed by atoms with van der Waals surface area (Å²) in [4.78, 5) is 2.33. The molecule has 1 aromatic heterocycles. The van der Waals surface area contributed by atoms with Crippen LogP contribution in [0.4, 0.5) is 5.82 Å². The lowest BCUT2D eigenvalue weighted by atomic mass is 9.94. The first-order chi connectivity index (χ1) is 15.6. The predicted molar refractivity (Wildman–Crippen MR) is 123 cm³/mol. The summed E-state index contributed by atoms with van der Waals surface area (Å²) in [7, 11) is 0. The van der Waals surface area contributed by atoms with Crippen LogP contribution in [0.5, 0.6) is 11.5 Å². The van der Waals surface area contributed by atoms with Gasteiger partial charge < -0.3 is 25.7 Å². The minimum absolute atomic E-state index is 0.157. The Kier molecular flexibility index (Phi) is 7.57. The van der Waals surface area contributed by atoms with Crippen molar-refractivity contribution in [3.8, 4) is 11.5 Å². The maximum atomic E-state index is 8.72. The smallest absolute Gasteiger partial charge is 0.266 e. The molecule has 0 bridgehead atoms. The van der Waals surface area contributed by atoms with Crippen LogP contribution in [0.3, 0.4) is 0 Å². The van der Waals surface area contributed by atoms with E-state index in [0.29, 0.717) is 18.2 Å². The molecule has 2 fully saturated rings. The number of nitrogen functional groups attached to an aromatic ring is 1. The number of nitrogens with zero attached hydrogens (tertiary/aromatic N) is 2. The number of aromatic nitrogens is 1. The summed E-state index contributed by atoms with van der Waals surface area (Å²) in [6.07, 6.45) is 5.81. The number of pyridine rings is 1. The Labute approximate surface area is 189 Å². The van der Waals surface area contributed by atoms with Gasteiger partial charge in [0.25, 0.3) is 5.84 Å². The van der Waals surface area contributed by atoms with Gasteiger partial charge in [-0.1, -0.05) is 6.07 Å². The van der Waals surface area contributed by atoms with Crippen LogP contribution >= 0.6 is 0 Å². The zero-order valence-corrected chi connectivity index (χ0v) is 18.5. The third kappa shape index (κ3) is 5.97. The van der Waals surface area contributed by atoms with Gasteiger partial charge in [0.15, 0.2) is 5.75 Å². The summed E-state index contributed by atoms with van der Waals surface area (Å²) in [5, 5.41) is 8.72. The second-order valence-corrected chi connectivity index (χ2v) is 8.49. The molecule has 1 aliphatic carbocycles. The van der Waals surface area contributed by atoms with Crippen molar-refractivity contribution in [1.29, 1.82) is 5.41 Å². The van der Waals surface area contributed by atoms with E-state index in [1.54, 1.807) is 16.8 Å². The quantitative estimate of drug-likeness (QED) is 0.344. The molecular weight excluding hydrogens is 406 g/mol. The lowest BCUT2D eigenvalue weighted by Crippen LogP contribution is -2.45. The van der Waals surface area contributed by atoms with Crippen LogP contribution in [-0.2, 0) is 4.74 Å². The molecule has 0 atom stereocenters. The molecule has 0 radical (unpaired) electrons. The number of hydrogen-bond acceptors (Lipinski definition) is 7. The molecule has 0 unspecified atom stereocenters. The molecule has 8 heteroatoms. The standard InChI is InChI=1S/C24H33N5O3/c25-19-4-6-20(7-5-19)32-22-8-9-23(26)29(17-22)24(27)18-2-1-3-21(16-18)31-15-12-28-10-13-30-14-11-28/h1-3,8-9,16-17,19-20,26-27H,4-7,10-15,25H2/p+1. The molecule has 1 saturated carbocycles. The molecule has 1 saturated heterocycles. The molecule has 4 rings (SSSR count). The Morgan fingerprint density at radius 2 is 1.88 bits per heavy atom.